The minimum absolute atomic E-state index is 0.0209. The van der Waals surface area contributed by atoms with E-state index in [1.807, 2.05) is 0 Å². The molecule has 1 amide bonds. The van der Waals surface area contributed by atoms with E-state index < -0.39 is 38.7 Å². The molecule has 6 nitrogen and oxygen atoms in total. The highest BCUT2D eigenvalue weighted by molar-refractivity contribution is 7.91. The molecule has 0 aliphatic heterocycles. The highest BCUT2D eigenvalue weighted by Gasteiger charge is 2.36. The second-order valence-corrected chi connectivity index (χ2v) is 11.0. The molecule has 0 fully saturated rings. The van der Waals surface area contributed by atoms with Crippen molar-refractivity contribution in [1.82, 2.24) is 4.98 Å². The van der Waals surface area contributed by atoms with Crippen LogP contribution in [0, 0.1) is 5.82 Å². The number of primary amides is 1. The number of benzene rings is 2. The molecule has 0 saturated carbocycles. The van der Waals surface area contributed by atoms with Gasteiger partial charge in [-0.3, -0.25) is 14.6 Å². The van der Waals surface area contributed by atoms with Gasteiger partial charge in [-0.05, 0) is 60.9 Å². The molecule has 3 rings (SSSR count). The van der Waals surface area contributed by atoms with Crippen LogP contribution in [0.5, 0.6) is 0 Å². The van der Waals surface area contributed by atoms with Crippen molar-refractivity contribution in [3.8, 4) is 0 Å². The largest absolute Gasteiger partial charge is 0.369 e. The molecule has 34 heavy (non-hydrogen) atoms. The highest BCUT2D eigenvalue weighted by atomic mass is 35.5. The van der Waals surface area contributed by atoms with Gasteiger partial charge < -0.3 is 5.73 Å². The first kappa shape index (κ1) is 25.5. The van der Waals surface area contributed by atoms with Gasteiger partial charge in [-0.1, -0.05) is 36.7 Å². The Morgan fingerprint density at radius 2 is 1.85 bits per heavy atom. The van der Waals surface area contributed by atoms with Gasteiger partial charge in [0.05, 0.1) is 27.0 Å². The molecule has 0 aliphatic rings. The van der Waals surface area contributed by atoms with Crippen LogP contribution < -0.4 is 5.73 Å². The second-order valence-electron chi connectivity index (χ2n) is 8.36. The third-order valence-corrected chi connectivity index (χ3v) is 7.85. The molecule has 0 aliphatic carbocycles. The van der Waals surface area contributed by atoms with Crippen molar-refractivity contribution in [2.45, 2.75) is 37.0 Å². The lowest BCUT2D eigenvalue weighted by molar-refractivity contribution is -0.118. The first-order chi connectivity index (χ1) is 15.9. The molecule has 3 aromatic rings. The summed E-state index contributed by atoms with van der Waals surface area (Å²) >= 11 is 5.94. The summed E-state index contributed by atoms with van der Waals surface area (Å²) < 4.78 is 38.9. The lowest BCUT2D eigenvalue weighted by Crippen LogP contribution is -2.32. The average molecular weight is 503 g/mol. The summed E-state index contributed by atoms with van der Waals surface area (Å²) in [5.74, 6) is -3.04. The first-order valence-corrected chi connectivity index (χ1v) is 12.5. The number of nitrogens with two attached hydrogens (primary N) is 1. The molecule has 1 heterocycles. The van der Waals surface area contributed by atoms with Crippen molar-refractivity contribution in [1.29, 1.82) is 0 Å². The molecular formula is C25H24ClFN2O4S. The van der Waals surface area contributed by atoms with Crippen LogP contribution in [0.4, 0.5) is 4.39 Å². The summed E-state index contributed by atoms with van der Waals surface area (Å²) in [7, 11) is -3.66. The van der Waals surface area contributed by atoms with Crippen LogP contribution in [0.15, 0.2) is 65.8 Å². The van der Waals surface area contributed by atoms with Gasteiger partial charge in [-0.25, -0.2) is 12.8 Å². The Morgan fingerprint density at radius 3 is 2.41 bits per heavy atom. The zero-order chi connectivity index (χ0) is 25.3. The van der Waals surface area contributed by atoms with Crippen LogP contribution in [-0.4, -0.2) is 30.8 Å². The van der Waals surface area contributed by atoms with Gasteiger partial charge in [0, 0.05) is 18.0 Å². The number of hydrogen-bond acceptors (Lipinski definition) is 5. The van der Waals surface area contributed by atoms with E-state index in [-0.39, 0.29) is 26.8 Å². The number of hydrogen-bond donors (Lipinski definition) is 1. The van der Waals surface area contributed by atoms with Crippen LogP contribution in [0.1, 0.15) is 53.7 Å². The number of pyridine rings is 1. The van der Waals surface area contributed by atoms with Crippen molar-refractivity contribution in [2.75, 3.05) is 5.75 Å². The summed E-state index contributed by atoms with van der Waals surface area (Å²) in [5.41, 5.74) is 5.64. The van der Waals surface area contributed by atoms with Gasteiger partial charge >= 0.3 is 0 Å². The standard InChI is InChI=1S/C25H24ClFN2O4S/c1-4-34(32,33)17-8-9-18(22(24(28)31)15-6-5-11-29-14-15)19(13-17)23(30)25(2,3)16-7-10-21(27)20(26)12-16/h5-14,22H,4H2,1-3H3,(H2,28,31). The summed E-state index contributed by atoms with van der Waals surface area (Å²) in [4.78, 5) is 30.4. The summed E-state index contributed by atoms with van der Waals surface area (Å²) in [5, 5.41) is -0.147. The monoisotopic (exact) mass is 502 g/mol. The van der Waals surface area contributed by atoms with Crippen LogP contribution >= 0.6 is 11.6 Å². The zero-order valence-corrected chi connectivity index (χ0v) is 20.5. The second kappa shape index (κ2) is 9.64. The predicted molar refractivity (Wildman–Crippen MR) is 128 cm³/mol. The summed E-state index contributed by atoms with van der Waals surface area (Å²) in [6, 6.07) is 11.3. The number of carbonyl (C=O) groups is 2. The van der Waals surface area contributed by atoms with E-state index >= 15 is 0 Å². The SMILES string of the molecule is CCS(=O)(=O)c1ccc(C(C(N)=O)c2cccnc2)c(C(=O)C(C)(C)c2ccc(F)c(Cl)c2)c1. The normalized spacial score (nSPS) is 12.9. The molecule has 0 spiro atoms. The number of rotatable bonds is 8. The van der Waals surface area contributed by atoms with Gasteiger partial charge in [-0.15, -0.1) is 0 Å². The number of Topliss-reactive ketones (excluding diaryl/α,β-unsaturated/α-hetero) is 1. The molecule has 0 radical (unpaired) electrons. The number of sulfone groups is 1. The molecule has 9 heteroatoms. The number of amides is 1. The maximum absolute atomic E-state index is 13.9. The highest BCUT2D eigenvalue weighted by Crippen LogP contribution is 2.36. The molecule has 0 bridgehead atoms. The lowest BCUT2D eigenvalue weighted by Gasteiger charge is -2.27. The van der Waals surface area contributed by atoms with Crippen molar-refractivity contribution in [3.05, 3.63) is 94.0 Å². The minimum Gasteiger partial charge on any atom is -0.369 e. The van der Waals surface area contributed by atoms with Crippen LogP contribution in [-0.2, 0) is 20.0 Å². The minimum atomic E-state index is -3.66. The summed E-state index contributed by atoms with van der Waals surface area (Å²) in [6.45, 7) is 4.73. The maximum atomic E-state index is 13.9. The average Bonchev–Trinajstić information content (AvgIpc) is 2.81. The topological polar surface area (TPSA) is 107 Å². The van der Waals surface area contributed by atoms with E-state index in [1.165, 1.54) is 49.6 Å². The van der Waals surface area contributed by atoms with Crippen LogP contribution in [0.3, 0.4) is 0 Å². The molecule has 1 atom stereocenters. The van der Waals surface area contributed by atoms with Gasteiger partial charge in [0.15, 0.2) is 15.6 Å². The Bertz CT molecular complexity index is 1360. The number of halogens is 2. The lowest BCUT2D eigenvalue weighted by atomic mass is 9.75. The molecule has 1 aromatic heterocycles. The fourth-order valence-corrected chi connectivity index (χ4v) is 4.83. The number of aromatic nitrogens is 1. The number of nitrogens with zero attached hydrogens (tertiary/aromatic N) is 1. The van der Waals surface area contributed by atoms with Gasteiger partial charge in [0.25, 0.3) is 0 Å². The molecule has 1 unspecified atom stereocenters. The Hall–Kier alpha value is -3.10. The Kier molecular flexibility index (Phi) is 7.24. The smallest absolute Gasteiger partial charge is 0.229 e. The molecule has 0 saturated heterocycles. The van der Waals surface area contributed by atoms with E-state index in [4.69, 9.17) is 17.3 Å². The van der Waals surface area contributed by atoms with Gasteiger partial charge in [0.1, 0.15) is 5.82 Å². The summed E-state index contributed by atoms with van der Waals surface area (Å²) in [6.07, 6.45) is 3.00. The van der Waals surface area contributed by atoms with Crippen molar-refractivity contribution in [3.63, 3.8) is 0 Å². The van der Waals surface area contributed by atoms with Crippen molar-refractivity contribution < 1.29 is 22.4 Å². The zero-order valence-electron chi connectivity index (χ0n) is 18.9. The number of ketones is 1. The van der Waals surface area contributed by atoms with Crippen molar-refractivity contribution >= 4 is 33.1 Å². The fourth-order valence-electron chi connectivity index (χ4n) is 3.74. The first-order valence-electron chi connectivity index (χ1n) is 10.5. The van der Waals surface area contributed by atoms with Crippen LogP contribution in [0.25, 0.3) is 0 Å². The predicted octanol–water partition coefficient (Wildman–Crippen LogP) is 4.45. The third kappa shape index (κ3) is 4.88. The Balaban J connectivity index is 2.27. The maximum Gasteiger partial charge on any atom is 0.229 e. The molecule has 2 aromatic carbocycles. The quantitative estimate of drug-likeness (QED) is 0.458. The van der Waals surface area contributed by atoms with E-state index in [0.717, 1.165) is 6.07 Å². The van der Waals surface area contributed by atoms with Crippen molar-refractivity contribution in [2.24, 2.45) is 5.73 Å². The van der Waals surface area contributed by atoms with E-state index in [1.54, 1.807) is 26.0 Å². The third-order valence-electron chi connectivity index (χ3n) is 5.83. The van der Waals surface area contributed by atoms with E-state index in [0.29, 0.717) is 11.1 Å². The Labute approximate surface area is 202 Å². The molecule has 178 valence electrons. The van der Waals surface area contributed by atoms with Crippen LogP contribution in [0.2, 0.25) is 5.02 Å². The molecule has 2 N–H and O–H groups in total. The fraction of sp³-hybridized carbons (Fsp3) is 0.240. The van der Waals surface area contributed by atoms with Gasteiger partial charge in [-0.2, -0.15) is 0 Å². The number of carbonyl (C=O) groups excluding carboxylic acids is 2. The van der Waals surface area contributed by atoms with E-state index in [9.17, 15) is 22.4 Å². The Morgan fingerprint density at radius 1 is 1.15 bits per heavy atom. The van der Waals surface area contributed by atoms with E-state index in [2.05, 4.69) is 4.98 Å². The molecular weight excluding hydrogens is 479 g/mol. The van der Waals surface area contributed by atoms with Gasteiger partial charge in [0.2, 0.25) is 5.91 Å².